The summed E-state index contributed by atoms with van der Waals surface area (Å²) >= 11 is 0. The molecule has 132 valence electrons. The molecule has 4 rings (SSSR count). The van der Waals surface area contributed by atoms with Gasteiger partial charge in [-0.15, -0.1) is 0 Å². The lowest BCUT2D eigenvalue weighted by molar-refractivity contribution is -0.118. The molecular weight excluding hydrogens is 328 g/mol. The third kappa shape index (κ3) is 2.75. The Bertz CT molecular complexity index is 934. The smallest absolute Gasteiger partial charge is 0.234 e. The van der Waals surface area contributed by atoms with E-state index < -0.39 is 0 Å². The molecule has 2 heterocycles. The number of aromatic nitrogens is 1. The number of aryl methyl sites for hydroxylation is 1. The van der Waals surface area contributed by atoms with Crippen molar-refractivity contribution in [1.82, 2.24) is 4.98 Å². The summed E-state index contributed by atoms with van der Waals surface area (Å²) in [7, 11) is 1.61. The van der Waals surface area contributed by atoms with Gasteiger partial charge >= 0.3 is 0 Å². The molecule has 1 unspecified atom stereocenters. The summed E-state index contributed by atoms with van der Waals surface area (Å²) in [5, 5.41) is 0. The fourth-order valence-electron chi connectivity index (χ4n) is 3.60. The number of methoxy groups -OCH3 is 1. The predicted molar refractivity (Wildman–Crippen MR) is 99.4 cm³/mol. The van der Waals surface area contributed by atoms with Crippen molar-refractivity contribution in [3.8, 4) is 17.1 Å². The Kier molecular flexibility index (Phi) is 4.21. The number of carbonyl (C=O) groups excluding carboxylic acids is 1. The van der Waals surface area contributed by atoms with Gasteiger partial charge in [0.05, 0.1) is 24.8 Å². The van der Waals surface area contributed by atoms with E-state index in [9.17, 15) is 4.79 Å². The van der Waals surface area contributed by atoms with E-state index in [2.05, 4.69) is 24.0 Å². The molecule has 2 aromatic carbocycles. The van der Waals surface area contributed by atoms with Crippen molar-refractivity contribution in [3.63, 3.8) is 0 Å². The van der Waals surface area contributed by atoms with Crippen molar-refractivity contribution < 1.29 is 13.9 Å². The van der Waals surface area contributed by atoms with Crippen molar-refractivity contribution in [2.75, 3.05) is 18.6 Å². The summed E-state index contributed by atoms with van der Waals surface area (Å²) in [6.07, 6.45) is 3.85. The number of rotatable bonds is 4. The lowest BCUT2D eigenvalue weighted by Gasteiger charge is -2.19. The van der Waals surface area contributed by atoms with Crippen LogP contribution in [0, 0.1) is 6.92 Å². The summed E-state index contributed by atoms with van der Waals surface area (Å²) in [6.45, 7) is 2.75. The molecule has 0 radical (unpaired) electrons. The number of hydrogen-bond donors (Lipinski definition) is 0. The van der Waals surface area contributed by atoms with E-state index in [1.54, 1.807) is 13.3 Å². The summed E-state index contributed by atoms with van der Waals surface area (Å²) in [6, 6.07) is 13.8. The fourth-order valence-corrected chi connectivity index (χ4v) is 3.60. The molecule has 0 N–H and O–H groups in total. The first-order chi connectivity index (χ1) is 12.7. The van der Waals surface area contributed by atoms with Crippen molar-refractivity contribution in [1.29, 1.82) is 0 Å². The molecule has 5 heteroatoms. The monoisotopic (exact) mass is 348 g/mol. The molecule has 26 heavy (non-hydrogen) atoms. The van der Waals surface area contributed by atoms with Gasteiger partial charge in [-0.25, -0.2) is 4.98 Å². The molecule has 1 aliphatic rings. The molecule has 0 aliphatic carbocycles. The molecule has 1 aromatic heterocycles. The van der Waals surface area contributed by atoms with Crippen LogP contribution in [0.2, 0.25) is 0 Å². The van der Waals surface area contributed by atoms with Gasteiger partial charge in [0.1, 0.15) is 5.75 Å². The maximum atomic E-state index is 13.0. The molecule has 0 saturated carbocycles. The Labute approximate surface area is 152 Å². The predicted octanol–water partition coefficient (Wildman–Crippen LogP) is 4.18. The summed E-state index contributed by atoms with van der Waals surface area (Å²) in [5.74, 6) is 1.34. The molecule has 1 amide bonds. The number of ether oxygens (including phenoxy) is 1. The van der Waals surface area contributed by atoms with Crippen LogP contribution in [0.3, 0.4) is 0 Å². The van der Waals surface area contributed by atoms with Gasteiger partial charge in [0.2, 0.25) is 5.91 Å². The molecular formula is C21H20N2O3. The molecule has 1 saturated heterocycles. The Morgan fingerprint density at radius 1 is 1.23 bits per heavy atom. The van der Waals surface area contributed by atoms with Crippen molar-refractivity contribution >= 4 is 11.6 Å². The number of nitrogens with zero attached hydrogens (tertiary/aromatic N) is 2. The van der Waals surface area contributed by atoms with Gasteiger partial charge in [-0.3, -0.25) is 4.79 Å². The van der Waals surface area contributed by atoms with Crippen LogP contribution in [0.1, 0.15) is 23.5 Å². The van der Waals surface area contributed by atoms with Crippen LogP contribution in [0.5, 0.6) is 5.75 Å². The topological polar surface area (TPSA) is 55.6 Å². The van der Waals surface area contributed by atoms with E-state index in [1.165, 1.54) is 6.39 Å². The Morgan fingerprint density at radius 3 is 2.81 bits per heavy atom. The Hall–Kier alpha value is -3.08. The van der Waals surface area contributed by atoms with Crippen LogP contribution < -0.4 is 9.64 Å². The first-order valence-corrected chi connectivity index (χ1v) is 8.63. The normalized spacial score (nSPS) is 16.9. The zero-order valence-electron chi connectivity index (χ0n) is 14.8. The number of benzene rings is 2. The van der Waals surface area contributed by atoms with E-state index in [4.69, 9.17) is 9.15 Å². The number of anilines is 1. The van der Waals surface area contributed by atoms with Gasteiger partial charge < -0.3 is 14.1 Å². The van der Waals surface area contributed by atoms with Gasteiger partial charge in [0.15, 0.2) is 12.2 Å². The van der Waals surface area contributed by atoms with Crippen molar-refractivity contribution in [2.24, 2.45) is 0 Å². The molecule has 1 fully saturated rings. The second-order valence-electron chi connectivity index (χ2n) is 6.44. The molecule has 1 aliphatic heterocycles. The molecule has 1 atom stereocenters. The van der Waals surface area contributed by atoms with Gasteiger partial charge in [-0.1, -0.05) is 24.3 Å². The number of amides is 1. The minimum atomic E-state index is -0.0869. The van der Waals surface area contributed by atoms with Gasteiger partial charge in [0, 0.05) is 18.3 Å². The lowest BCUT2D eigenvalue weighted by Crippen LogP contribution is -2.26. The van der Waals surface area contributed by atoms with Gasteiger partial charge in [-0.2, -0.15) is 0 Å². The summed E-state index contributed by atoms with van der Waals surface area (Å²) in [4.78, 5) is 18.8. The van der Waals surface area contributed by atoms with Crippen LogP contribution >= 0.6 is 0 Å². The second-order valence-corrected chi connectivity index (χ2v) is 6.44. The highest BCUT2D eigenvalue weighted by molar-refractivity contribution is 6.01. The largest absolute Gasteiger partial charge is 0.496 e. The second kappa shape index (κ2) is 6.67. The SMILES string of the molecule is COc1cc(N2CCC(c3ccccc3C)C2=O)ccc1-c1cnco1. The minimum Gasteiger partial charge on any atom is -0.496 e. The number of hydrogen-bond acceptors (Lipinski definition) is 4. The van der Waals surface area contributed by atoms with E-state index in [1.807, 2.05) is 35.2 Å². The maximum Gasteiger partial charge on any atom is 0.234 e. The fraction of sp³-hybridized carbons (Fsp3) is 0.238. The standard InChI is InChI=1S/C21H20N2O3/c1-14-5-3-4-6-16(14)17-9-10-23(21(17)24)15-7-8-18(19(11-15)25-2)20-12-22-13-26-20/h3-8,11-13,17H,9-10H2,1-2H3. The highest BCUT2D eigenvalue weighted by Crippen LogP contribution is 2.38. The number of carbonyl (C=O) groups is 1. The first kappa shape index (κ1) is 16.4. The van der Waals surface area contributed by atoms with E-state index in [0.29, 0.717) is 18.1 Å². The molecule has 0 spiro atoms. The molecule has 3 aromatic rings. The van der Waals surface area contributed by atoms with Crippen LogP contribution in [0.15, 0.2) is 59.5 Å². The van der Waals surface area contributed by atoms with E-state index in [-0.39, 0.29) is 11.8 Å². The first-order valence-electron chi connectivity index (χ1n) is 8.63. The van der Waals surface area contributed by atoms with Crippen molar-refractivity contribution in [3.05, 3.63) is 66.2 Å². The molecule has 0 bridgehead atoms. The average Bonchev–Trinajstić information content (AvgIpc) is 3.32. The highest BCUT2D eigenvalue weighted by Gasteiger charge is 2.34. The average molecular weight is 348 g/mol. The third-order valence-corrected chi connectivity index (χ3v) is 4.96. The molecule has 5 nitrogen and oxygen atoms in total. The Balaban J connectivity index is 1.64. The van der Waals surface area contributed by atoms with Crippen molar-refractivity contribution in [2.45, 2.75) is 19.3 Å². The van der Waals surface area contributed by atoms with Gasteiger partial charge in [-0.05, 0) is 36.6 Å². The zero-order chi connectivity index (χ0) is 18.1. The van der Waals surface area contributed by atoms with Gasteiger partial charge in [0.25, 0.3) is 0 Å². The summed E-state index contributed by atoms with van der Waals surface area (Å²) < 4.78 is 10.9. The Morgan fingerprint density at radius 2 is 2.08 bits per heavy atom. The quantitative estimate of drug-likeness (QED) is 0.710. The van der Waals surface area contributed by atoms with Crippen LogP contribution in [0.4, 0.5) is 5.69 Å². The lowest BCUT2D eigenvalue weighted by atomic mass is 9.94. The van der Waals surface area contributed by atoms with Crippen LogP contribution in [0.25, 0.3) is 11.3 Å². The van der Waals surface area contributed by atoms with E-state index in [0.717, 1.165) is 28.8 Å². The third-order valence-electron chi connectivity index (χ3n) is 4.96. The zero-order valence-corrected chi connectivity index (χ0v) is 14.8. The highest BCUT2D eigenvalue weighted by atomic mass is 16.5. The maximum absolute atomic E-state index is 13.0. The van der Waals surface area contributed by atoms with Crippen LogP contribution in [-0.2, 0) is 4.79 Å². The van der Waals surface area contributed by atoms with E-state index >= 15 is 0 Å². The number of oxazole rings is 1. The van der Waals surface area contributed by atoms with Crippen LogP contribution in [-0.4, -0.2) is 24.5 Å². The summed E-state index contributed by atoms with van der Waals surface area (Å²) in [5.41, 5.74) is 3.93. The minimum absolute atomic E-state index is 0.0869.